The van der Waals surface area contributed by atoms with Gasteiger partial charge >= 0.3 is 12.2 Å². The minimum Gasteiger partial charge on any atom is -0.450 e. The second-order valence-corrected chi connectivity index (χ2v) is 3.87. The number of carbonyl (C=O) groups is 2. The van der Waals surface area contributed by atoms with Gasteiger partial charge in [-0.15, -0.1) is 0 Å². The zero-order valence-electron chi connectivity index (χ0n) is 13.0. The Hall–Kier alpha value is -1.62. The smallest absolute Gasteiger partial charge is 0.404 e. The van der Waals surface area contributed by atoms with Gasteiger partial charge in [-0.1, -0.05) is 0 Å². The first-order chi connectivity index (χ1) is 10.2. The van der Waals surface area contributed by atoms with Crippen molar-refractivity contribution in [3.05, 3.63) is 0 Å². The molecule has 0 saturated carbocycles. The quantitative estimate of drug-likeness (QED) is 0.332. The van der Waals surface area contributed by atoms with E-state index in [1.807, 2.05) is 0 Å². The fraction of sp³-hybridized carbons (Fsp3) is 0.833. The van der Waals surface area contributed by atoms with Gasteiger partial charge in [-0.05, 0) is 26.7 Å². The van der Waals surface area contributed by atoms with E-state index in [-0.39, 0.29) is 13.0 Å². The molecule has 10 nitrogen and oxygen atoms in total. The van der Waals surface area contributed by atoms with E-state index in [9.17, 15) is 9.59 Å². The van der Waals surface area contributed by atoms with Crippen LogP contribution in [0.15, 0.2) is 0 Å². The number of ether oxygens (including phenoxy) is 2. The van der Waals surface area contributed by atoms with E-state index in [0.717, 1.165) is 0 Å². The molecule has 0 heterocycles. The number of carbonyl (C=O) groups excluding carboxylic acids is 2. The fourth-order valence-corrected chi connectivity index (χ4v) is 0.901. The first kappa shape index (κ1) is 25.3. The van der Waals surface area contributed by atoms with Crippen LogP contribution in [0.5, 0.6) is 0 Å². The van der Waals surface area contributed by atoms with E-state index in [4.69, 9.17) is 20.4 Å². The van der Waals surface area contributed by atoms with Crippen LogP contribution >= 0.6 is 0 Å². The lowest BCUT2D eigenvalue weighted by atomic mass is 10.0. The number of hydrogen-bond donors (Lipinski definition) is 6. The molecule has 0 spiro atoms. The third-order valence-corrected chi connectivity index (χ3v) is 1.96. The molecule has 8 N–H and O–H groups in total. The van der Waals surface area contributed by atoms with E-state index in [1.165, 1.54) is 0 Å². The molecule has 0 aliphatic rings. The van der Waals surface area contributed by atoms with Gasteiger partial charge in [-0.25, -0.2) is 9.59 Å². The van der Waals surface area contributed by atoms with E-state index >= 15 is 0 Å². The molecule has 0 aromatic rings. The third kappa shape index (κ3) is 23.5. The van der Waals surface area contributed by atoms with Gasteiger partial charge in [-0.3, -0.25) is 0 Å². The molecule has 0 unspecified atom stereocenters. The molecular weight excluding hydrogens is 300 g/mol. The van der Waals surface area contributed by atoms with Crippen molar-refractivity contribution in [1.29, 1.82) is 0 Å². The first-order valence-corrected chi connectivity index (χ1v) is 6.62. The molecule has 0 fully saturated rings. The normalized spacial score (nSPS) is 9.55. The van der Waals surface area contributed by atoms with E-state index in [0.29, 0.717) is 19.6 Å². The molecule has 0 aliphatic heterocycles. The Kier molecular flexibility index (Phi) is 20.1. The summed E-state index contributed by atoms with van der Waals surface area (Å²) < 4.78 is 8.36. The molecule has 2 amide bonds. The van der Waals surface area contributed by atoms with Crippen molar-refractivity contribution in [2.75, 3.05) is 33.0 Å². The van der Waals surface area contributed by atoms with Gasteiger partial charge in [-0.2, -0.15) is 0 Å². The molecule has 0 aliphatic carbocycles. The summed E-state index contributed by atoms with van der Waals surface area (Å²) in [7, 11) is 0. The zero-order chi connectivity index (χ0) is 18.0. The highest BCUT2D eigenvalue weighted by Crippen LogP contribution is 2.09. The van der Waals surface area contributed by atoms with Crippen molar-refractivity contribution < 1.29 is 39.5 Å². The minimum atomic E-state index is -1.41. The maximum atomic E-state index is 9.60. The van der Waals surface area contributed by atoms with Crippen LogP contribution in [0.25, 0.3) is 0 Å². The monoisotopic (exact) mass is 328 g/mol. The van der Waals surface area contributed by atoms with Gasteiger partial charge in [0.1, 0.15) is 5.60 Å². The van der Waals surface area contributed by atoms with E-state index in [2.05, 4.69) is 20.9 Å². The standard InChI is InChI=1S/C6H14O4.2C3H7NO2/c7-3-1-2-6(10,4-8)5-9;2*1-2-6-3(4)5/h7-10H,1-5H2;2*2H2,1H3,(H2,4,5). The summed E-state index contributed by atoms with van der Waals surface area (Å²) in [5, 5.41) is 34.5. The Morgan fingerprint density at radius 2 is 1.32 bits per heavy atom. The topological polar surface area (TPSA) is 186 Å². The van der Waals surface area contributed by atoms with Gasteiger partial charge in [0.15, 0.2) is 0 Å². The number of nitrogens with two attached hydrogens (primary N) is 2. The molecule has 0 aromatic carbocycles. The summed E-state index contributed by atoms with van der Waals surface area (Å²) in [6, 6.07) is 0. The summed E-state index contributed by atoms with van der Waals surface area (Å²) in [6.07, 6.45) is -0.816. The average molecular weight is 328 g/mol. The summed E-state index contributed by atoms with van der Waals surface area (Å²) in [5.74, 6) is 0. The number of hydrogen-bond acceptors (Lipinski definition) is 8. The van der Waals surface area contributed by atoms with Crippen LogP contribution in [-0.4, -0.2) is 71.2 Å². The number of amides is 2. The number of aliphatic hydroxyl groups is 4. The predicted octanol–water partition coefficient (Wildman–Crippen LogP) is -1.32. The van der Waals surface area contributed by atoms with Crippen LogP contribution in [0.1, 0.15) is 26.7 Å². The van der Waals surface area contributed by atoms with Crippen molar-refractivity contribution in [1.82, 2.24) is 0 Å². The fourth-order valence-electron chi connectivity index (χ4n) is 0.901. The van der Waals surface area contributed by atoms with E-state index < -0.39 is 31.0 Å². The van der Waals surface area contributed by atoms with Gasteiger partial charge in [0.05, 0.1) is 26.4 Å². The Bertz CT molecular complexity index is 256. The van der Waals surface area contributed by atoms with Gasteiger partial charge < -0.3 is 41.4 Å². The lowest BCUT2D eigenvalue weighted by Gasteiger charge is -2.22. The number of rotatable bonds is 7. The lowest BCUT2D eigenvalue weighted by molar-refractivity contribution is -0.0631. The Balaban J connectivity index is -0.000000261. The third-order valence-electron chi connectivity index (χ3n) is 1.96. The molecule has 0 bridgehead atoms. The Morgan fingerprint density at radius 3 is 1.45 bits per heavy atom. The number of aliphatic hydroxyl groups excluding tert-OH is 3. The van der Waals surface area contributed by atoms with Crippen LogP contribution < -0.4 is 11.5 Å². The van der Waals surface area contributed by atoms with Crippen molar-refractivity contribution in [3.63, 3.8) is 0 Å². The maximum absolute atomic E-state index is 9.60. The molecule has 0 radical (unpaired) electrons. The van der Waals surface area contributed by atoms with Crippen molar-refractivity contribution in [2.45, 2.75) is 32.3 Å². The molecule has 0 rings (SSSR count). The second kappa shape index (κ2) is 17.4. The van der Waals surface area contributed by atoms with Crippen LogP contribution in [-0.2, 0) is 9.47 Å². The zero-order valence-corrected chi connectivity index (χ0v) is 13.0. The summed E-state index contributed by atoms with van der Waals surface area (Å²) in [4.78, 5) is 19.2. The second-order valence-electron chi connectivity index (χ2n) is 3.87. The number of primary amides is 2. The van der Waals surface area contributed by atoms with E-state index in [1.54, 1.807) is 13.8 Å². The van der Waals surface area contributed by atoms with Crippen molar-refractivity contribution in [2.24, 2.45) is 11.5 Å². The summed E-state index contributed by atoms with van der Waals surface area (Å²) in [6.45, 7) is 3.13. The Labute approximate surface area is 129 Å². The molecule has 134 valence electrons. The lowest BCUT2D eigenvalue weighted by Crippen LogP contribution is -2.37. The first-order valence-electron chi connectivity index (χ1n) is 6.62. The molecule has 22 heavy (non-hydrogen) atoms. The van der Waals surface area contributed by atoms with Gasteiger partial charge in [0.25, 0.3) is 0 Å². The summed E-state index contributed by atoms with van der Waals surface area (Å²) >= 11 is 0. The molecule has 10 heteroatoms. The predicted molar refractivity (Wildman–Crippen MR) is 77.9 cm³/mol. The maximum Gasteiger partial charge on any atom is 0.404 e. The summed E-state index contributed by atoms with van der Waals surface area (Å²) in [5.41, 5.74) is 7.67. The highest BCUT2D eigenvalue weighted by Gasteiger charge is 2.23. The van der Waals surface area contributed by atoms with Gasteiger partial charge in [0, 0.05) is 6.61 Å². The molecule has 0 atom stereocenters. The Morgan fingerprint density at radius 1 is 0.955 bits per heavy atom. The molecule has 0 aromatic heterocycles. The SMILES string of the molecule is CCOC(N)=O.CCOC(N)=O.OCCCC(O)(CO)CO. The van der Waals surface area contributed by atoms with Crippen molar-refractivity contribution in [3.8, 4) is 0 Å². The highest BCUT2D eigenvalue weighted by molar-refractivity contribution is 5.64. The highest BCUT2D eigenvalue weighted by atomic mass is 16.5. The molecular formula is C12H28N2O8. The largest absolute Gasteiger partial charge is 0.450 e. The van der Waals surface area contributed by atoms with Crippen LogP contribution in [0.3, 0.4) is 0 Å². The minimum absolute atomic E-state index is 0.0394. The average Bonchev–Trinajstić information content (AvgIpc) is 2.46. The van der Waals surface area contributed by atoms with Crippen LogP contribution in [0.2, 0.25) is 0 Å². The van der Waals surface area contributed by atoms with Crippen LogP contribution in [0, 0.1) is 0 Å². The molecule has 0 saturated heterocycles. The van der Waals surface area contributed by atoms with Crippen LogP contribution in [0.4, 0.5) is 9.59 Å². The van der Waals surface area contributed by atoms with Crippen molar-refractivity contribution >= 4 is 12.2 Å². The van der Waals surface area contributed by atoms with Gasteiger partial charge in [0.2, 0.25) is 0 Å².